The molecular weight excluding hydrogens is 341 g/mol. The van der Waals surface area contributed by atoms with Crippen LogP contribution in [0.15, 0.2) is 24.3 Å². The number of benzene rings is 1. The number of ether oxygens (including phenoxy) is 1. The Morgan fingerprint density at radius 3 is 2.20 bits per heavy atom. The summed E-state index contributed by atoms with van der Waals surface area (Å²) in [5.74, 6) is -2.45. The van der Waals surface area contributed by atoms with E-state index in [2.05, 4.69) is 15.9 Å². The lowest BCUT2D eigenvalue weighted by Gasteiger charge is -2.15. The van der Waals surface area contributed by atoms with Crippen LogP contribution in [0.4, 0.5) is 13.2 Å². The lowest BCUT2D eigenvalue weighted by Crippen LogP contribution is -2.25. The molecule has 0 aliphatic heterocycles. The van der Waals surface area contributed by atoms with Crippen LogP contribution in [0.5, 0.6) is 0 Å². The van der Waals surface area contributed by atoms with Gasteiger partial charge in [0.25, 0.3) is 0 Å². The maximum Gasteiger partial charge on any atom is 0.416 e. The van der Waals surface area contributed by atoms with Gasteiger partial charge in [-0.3, -0.25) is 9.59 Å². The van der Waals surface area contributed by atoms with E-state index in [-0.39, 0.29) is 17.5 Å². The minimum Gasteiger partial charge on any atom is -0.465 e. The summed E-state index contributed by atoms with van der Waals surface area (Å²) in [5.41, 5.74) is -0.656. The van der Waals surface area contributed by atoms with Gasteiger partial charge >= 0.3 is 12.1 Å². The molecule has 1 atom stereocenters. The van der Waals surface area contributed by atoms with Crippen LogP contribution in [0.2, 0.25) is 0 Å². The highest BCUT2D eigenvalue weighted by Crippen LogP contribution is 2.30. The van der Waals surface area contributed by atoms with Gasteiger partial charge in [-0.15, -0.1) is 0 Å². The van der Waals surface area contributed by atoms with E-state index in [1.165, 1.54) is 0 Å². The Bertz CT molecular complexity index is 483. The van der Waals surface area contributed by atoms with Crippen LogP contribution in [0.1, 0.15) is 24.0 Å². The smallest absolute Gasteiger partial charge is 0.416 e. The Labute approximate surface area is 122 Å². The van der Waals surface area contributed by atoms with E-state index >= 15 is 0 Å². The number of ketones is 1. The van der Waals surface area contributed by atoms with Gasteiger partial charge < -0.3 is 4.74 Å². The average molecular weight is 353 g/mol. The van der Waals surface area contributed by atoms with Crippen molar-refractivity contribution in [2.24, 2.45) is 0 Å². The van der Waals surface area contributed by atoms with E-state index < -0.39 is 29.4 Å². The average Bonchev–Trinajstić information content (AvgIpc) is 2.38. The Morgan fingerprint density at radius 1 is 1.25 bits per heavy atom. The zero-order valence-corrected chi connectivity index (χ0v) is 12.1. The number of rotatable bonds is 5. The summed E-state index contributed by atoms with van der Waals surface area (Å²) in [6.45, 7) is 1.67. The van der Waals surface area contributed by atoms with Crippen molar-refractivity contribution in [3.63, 3.8) is 0 Å². The molecule has 0 spiro atoms. The van der Waals surface area contributed by atoms with Gasteiger partial charge in [-0.1, -0.05) is 28.1 Å². The van der Waals surface area contributed by atoms with Crippen molar-refractivity contribution in [2.45, 2.75) is 19.0 Å². The first-order valence-corrected chi connectivity index (χ1v) is 6.85. The fourth-order valence-corrected chi connectivity index (χ4v) is 1.94. The minimum absolute atomic E-state index is 0.0858. The summed E-state index contributed by atoms with van der Waals surface area (Å²) in [5, 5.41) is -0.0858. The Morgan fingerprint density at radius 2 is 1.80 bits per heavy atom. The van der Waals surface area contributed by atoms with Crippen LogP contribution in [0, 0.1) is 0 Å². The second-order valence-electron chi connectivity index (χ2n) is 3.90. The molecule has 0 heterocycles. The highest BCUT2D eigenvalue weighted by atomic mass is 79.9. The van der Waals surface area contributed by atoms with Crippen LogP contribution in [0.25, 0.3) is 0 Å². The molecule has 0 saturated carbocycles. The molecule has 0 N–H and O–H groups in total. The number of Topliss-reactive ketones (excluding diaryl/α,β-unsaturated/α-hetero) is 1. The zero-order chi connectivity index (χ0) is 15.3. The molecule has 1 aromatic rings. The largest absolute Gasteiger partial charge is 0.465 e. The SMILES string of the molecule is CCOC(=O)C(C(=O)CBr)c1ccc(C(F)(F)F)cc1. The second kappa shape index (κ2) is 6.88. The first-order chi connectivity index (χ1) is 9.31. The van der Waals surface area contributed by atoms with Crippen LogP contribution in [-0.4, -0.2) is 23.7 Å². The summed E-state index contributed by atoms with van der Waals surface area (Å²) in [6.07, 6.45) is -4.46. The highest BCUT2D eigenvalue weighted by Gasteiger charge is 2.32. The molecule has 7 heteroatoms. The van der Waals surface area contributed by atoms with E-state index in [0.717, 1.165) is 24.3 Å². The fraction of sp³-hybridized carbons (Fsp3) is 0.385. The Balaban J connectivity index is 3.09. The number of esters is 1. The van der Waals surface area contributed by atoms with Crippen molar-refractivity contribution in [3.05, 3.63) is 35.4 Å². The van der Waals surface area contributed by atoms with Gasteiger partial charge in [0, 0.05) is 0 Å². The van der Waals surface area contributed by atoms with Crippen LogP contribution >= 0.6 is 15.9 Å². The topological polar surface area (TPSA) is 43.4 Å². The van der Waals surface area contributed by atoms with Crippen molar-refractivity contribution in [1.82, 2.24) is 0 Å². The molecule has 110 valence electrons. The Hall–Kier alpha value is -1.37. The molecule has 0 aliphatic carbocycles. The van der Waals surface area contributed by atoms with Crippen LogP contribution in [-0.2, 0) is 20.5 Å². The molecule has 0 amide bonds. The highest BCUT2D eigenvalue weighted by molar-refractivity contribution is 9.09. The summed E-state index contributed by atoms with van der Waals surface area (Å²) in [7, 11) is 0. The molecule has 1 aromatic carbocycles. The molecule has 20 heavy (non-hydrogen) atoms. The molecule has 0 bridgehead atoms. The van der Waals surface area contributed by atoms with E-state index in [1.807, 2.05) is 0 Å². The van der Waals surface area contributed by atoms with Gasteiger partial charge in [-0.05, 0) is 24.6 Å². The summed E-state index contributed by atoms with van der Waals surface area (Å²) >= 11 is 2.94. The predicted octanol–water partition coefficient (Wildman–Crippen LogP) is 3.32. The number of alkyl halides is 4. The molecule has 1 rings (SSSR count). The standard InChI is InChI=1S/C13H12BrF3O3/c1-2-20-12(19)11(10(18)7-14)8-3-5-9(6-4-8)13(15,16)17/h3-6,11H,2,7H2,1H3. The number of hydrogen-bond donors (Lipinski definition) is 0. The van der Waals surface area contributed by atoms with E-state index in [1.54, 1.807) is 6.92 Å². The maximum absolute atomic E-state index is 12.5. The third-order valence-electron chi connectivity index (χ3n) is 2.55. The fourth-order valence-electron chi connectivity index (χ4n) is 1.62. The molecule has 1 unspecified atom stereocenters. The summed E-state index contributed by atoms with van der Waals surface area (Å²) in [4.78, 5) is 23.5. The molecule has 0 aliphatic rings. The number of carbonyl (C=O) groups excluding carboxylic acids is 2. The predicted molar refractivity (Wildman–Crippen MR) is 69.6 cm³/mol. The maximum atomic E-state index is 12.5. The molecule has 0 fully saturated rings. The third kappa shape index (κ3) is 4.06. The van der Waals surface area contributed by atoms with Gasteiger partial charge in [0.2, 0.25) is 0 Å². The summed E-state index contributed by atoms with van der Waals surface area (Å²) in [6, 6.07) is 3.90. The van der Waals surface area contributed by atoms with Crippen molar-refractivity contribution in [2.75, 3.05) is 11.9 Å². The molecule has 3 nitrogen and oxygen atoms in total. The second-order valence-corrected chi connectivity index (χ2v) is 4.47. The lowest BCUT2D eigenvalue weighted by atomic mass is 9.94. The van der Waals surface area contributed by atoms with Gasteiger partial charge in [0.1, 0.15) is 5.92 Å². The first kappa shape index (κ1) is 16.7. The normalized spacial score (nSPS) is 12.8. The quantitative estimate of drug-likeness (QED) is 0.463. The number of hydrogen-bond acceptors (Lipinski definition) is 3. The molecule has 0 saturated heterocycles. The van der Waals surface area contributed by atoms with Gasteiger partial charge in [-0.25, -0.2) is 0 Å². The van der Waals surface area contributed by atoms with Crippen molar-refractivity contribution in [3.8, 4) is 0 Å². The molecule has 0 aromatic heterocycles. The van der Waals surface area contributed by atoms with Crippen LogP contribution in [0.3, 0.4) is 0 Å². The van der Waals surface area contributed by atoms with Crippen LogP contribution < -0.4 is 0 Å². The van der Waals surface area contributed by atoms with Gasteiger partial charge in [-0.2, -0.15) is 13.2 Å². The van der Waals surface area contributed by atoms with Crippen molar-refractivity contribution >= 4 is 27.7 Å². The van der Waals surface area contributed by atoms with Crippen molar-refractivity contribution in [1.29, 1.82) is 0 Å². The first-order valence-electron chi connectivity index (χ1n) is 5.73. The van der Waals surface area contributed by atoms with E-state index in [9.17, 15) is 22.8 Å². The minimum atomic E-state index is -4.46. The van der Waals surface area contributed by atoms with E-state index in [0.29, 0.717) is 0 Å². The number of halogens is 4. The summed E-state index contributed by atoms with van der Waals surface area (Å²) < 4.78 is 42.2. The van der Waals surface area contributed by atoms with Gasteiger partial charge in [0.15, 0.2) is 5.78 Å². The van der Waals surface area contributed by atoms with E-state index in [4.69, 9.17) is 4.74 Å². The van der Waals surface area contributed by atoms with Crippen molar-refractivity contribution < 1.29 is 27.5 Å². The third-order valence-corrected chi connectivity index (χ3v) is 3.10. The number of carbonyl (C=O) groups is 2. The molecule has 0 radical (unpaired) electrons. The Kier molecular flexibility index (Phi) is 5.74. The monoisotopic (exact) mass is 352 g/mol. The lowest BCUT2D eigenvalue weighted by molar-refractivity contribution is -0.147. The zero-order valence-electron chi connectivity index (χ0n) is 10.5. The van der Waals surface area contributed by atoms with Gasteiger partial charge in [0.05, 0.1) is 17.5 Å². The molecular formula is C13H12BrF3O3.